The number of para-hydroxylation sites is 1. The number of ether oxygens (including phenoxy) is 2. The van der Waals surface area contributed by atoms with Crippen molar-refractivity contribution in [3.63, 3.8) is 0 Å². The molecule has 26 heavy (non-hydrogen) atoms. The highest BCUT2D eigenvalue weighted by molar-refractivity contribution is 5.85. The lowest BCUT2D eigenvalue weighted by atomic mass is 10.2. The van der Waals surface area contributed by atoms with E-state index in [9.17, 15) is 14.0 Å². The molecule has 0 saturated carbocycles. The molecular formula is C19H21FN2O4. The highest BCUT2D eigenvalue weighted by Gasteiger charge is 2.17. The van der Waals surface area contributed by atoms with Crippen molar-refractivity contribution in [2.75, 3.05) is 6.61 Å². The zero-order chi connectivity index (χ0) is 18.9. The number of aryl methyl sites for hydroxylation is 1. The van der Waals surface area contributed by atoms with Gasteiger partial charge in [0, 0.05) is 0 Å². The molecule has 0 aromatic heterocycles. The molecule has 138 valence electrons. The maximum Gasteiger partial charge on any atom is 0.279 e. The first-order valence-corrected chi connectivity index (χ1v) is 8.21. The fourth-order valence-corrected chi connectivity index (χ4v) is 2.06. The van der Waals surface area contributed by atoms with Crippen LogP contribution in [-0.2, 0) is 16.0 Å². The molecule has 2 amide bonds. The molecule has 2 rings (SSSR count). The molecule has 7 heteroatoms. The van der Waals surface area contributed by atoms with E-state index in [2.05, 4.69) is 10.9 Å². The van der Waals surface area contributed by atoms with E-state index in [1.807, 2.05) is 25.1 Å². The van der Waals surface area contributed by atoms with Crippen molar-refractivity contribution in [3.05, 3.63) is 59.9 Å². The Bertz CT molecular complexity index is 767. The Hall–Kier alpha value is -3.09. The average Bonchev–Trinajstić information content (AvgIpc) is 2.66. The third kappa shape index (κ3) is 5.77. The van der Waals surface area contributed by atoms with E-state index in [0.717, 1.165) is 12.0 Å². The molecule has 0 heterocycles. The van der Waals surface area contributed by atoms with Crippen molar-refractivity contribution < 1.29 is 23.5 Å². The minimum absolute atomic E-state index is 0.0411. The van der Waals surface area contributed by atoms with Gasteiger partial charge in [0.05, 0.1) is 0 Å². The average molecular weight is 360 g/mol. The van der Waals surface area contributed by atoms with Crippen LogP contribution in [0.3, 0.4) is 0 Å². The maximum absolute atomic E-state index is 13.5. The SMILES string of the molecule is CCc1cccc(OCC(=O)NNC(=O)[C@H](C)Oc2ccccc2F)c1. The first-order chi connectivity index (χ1) is 12.5. The molecule has 0 saturated heterocycles. The molecule has 2 N–H and O–H groups in total. The van der Waals surface area contributed by atoms with Crippen LogP contribution in [0.5, 0.6) is 11.5 Å². The molecule has 2 aromatic rings. The predicted octanol–water partition coefficient (Wildman–Crippen LogP) is 2.38. The highest BCUT2D eigenvalue weighted by Crippen LogP contribution is 2.17. The first-order valence-electron chi connectivity index (χ1n) is 8.21. The van der Waals surface area contributed by atoms with Crippen LogP contribution in [0.1, 0.15) is 19.4 Å². The van der Waals surface area contributed by atoms with Crippen LogP contribution in [0.2, 0.25) is 0 Å². The maximum atomic E-state index is 13.5. The molecular weight excluding hydrogens is 339 g/mol. The fraction of sp³-hybridized carbons (Fsp3) is 0.263. The van der Waals surface area contributed by atoms with E-state index >= 15 is 0 Å². The summed E-state index contributed by atoms with van der Waals surface area (Å²) in [5, 5.41) is 0. The van der Waals surface area contributed by atoms with Gasteiger partial charge in [0.15, 0.2) is 24.3 Å². The number of benzene rings is 2. The quantitative estimate of drug-likeness (QED) is 0.744. The van der Waals surface area contributed by atoms with E-state index in [1.54, 1.807) is 12.1 Å². The number of amides is 2. The van der Waals surface area contributed by atoms with Crippen molar-refractivity contribution >= 4 is 11.8 Å². The summed E-state index contributed by atoms with van der Waals surface area (Å²) in [6.07, 6.45) is -0.131. The second-order valence-corrected chi connectivity index (χ2v) is 5.52. The smallest absolute Gasteiger partial charge is 0.279 e. The van der Waals surface area contributed by atoms with Gasteiger partial charge in [-0.3, -0.25) is 20.4 Å². The molecule has 0 fully saturated rings. The van der Waals surface area contributed by atoms with Crippen molar-refractivity contribution in [2.45, 2.75) is 26.4 Å². The van der Waals surface area contributed by atoms with E-state index in [0.29, 0.717) is 5.75 Å². The monoisotopic (exact) mass is 360 g/mol. The van der Waals surface area contributed by atoms with Crippen LogP contribution in [0.15, 0.2) is 48.5 Å². The number of rotatable bonds is 7. The number of carbonyl (C=O) groups excluding carboxylic acids is 2. The highest BCUT2D eigenvalue weighted by atomic mass is 19.1. The molecule has 0 aliphatic heterocycles. The normalized spacial score (nSPS) is 11.3. The summed E-state index contributed by atoms with van der Waals surface area (Å²) in [5.41, 5.74) is 5.53. The minimum Gasteiger partial charge on any atom is -0.484 e. The van der Waals surface area contributed by atoms with Crippen molar-refractivity contribution in [2.24, 2.45) is 0 Å². The molecule has 0 spiro atoms. The van der Waals surface area contributed by atoms with Gasteiger partial charge in [-0.05, 0) is 43.2 Å². The Balaban J connectivity index is 1.75. The van der Waals surface area contributed by atoms with Crippen LogP contribution in [-0.4, -0.2) is 24.5 Å². The van der Waals surface area contributed by atoms with Gasteiger partial charge < -0.3 is 9.47 Å². The van der Waals surface area contributed by atoms with E-state index < -0.39 is 23.7 Å². The number of carbonyl (C=O) groups is 2. The van der Waals surface area contributed by atoms with Gasteiger partial charge in [-0.2, -0.15) is 0 Å². The zero-order valence-electron chi connectivity index (χ0n) is 14.6. The summed E-state index contributed by atoms with van der Waals surface area (Å²) in [6, 6.07) is 13.1. The first kappa shape index (κ1) is 19.2. The molecule has 2 aromatic carbocycles. The second kappa shape index (κ2) is 9.41. The molecule has 0 unspecified atom stereocenters. The number of hydrogen-bond donors (Lipinski definition) is 2. The summed E-state index contributed by atoms with van der Waals surface area (Å²) in [5.74, 6) is -1.19. The van der Waals surface area contributed by atoms with Crippen LogP contribution in [0.25, 0.3) is 0 Å². The standard InChI is InChI=1S/C19H21FN2O4/c1-3-14-7-6-8-15(11-14)25-12-18(23)21-22-19(24)13(2)26-17-10-5-4-9-16(17)20/h4-11,13H,3,12H2,1-2H3,(H,21,23)(H,22,24)/t13-/m0/s1. The Morgan fingerprint density at radius 2 is 1.88 bits per heavy atom. The number of halogens is 1. The van der Waals surface area contributed by atoms with Gasteiger partial charge in [-0.15, -0.1) is 0 Å². The topological polar surface area (TPSA) is 76.7 Å². The number of hydrogen-bond acceptors (Lipinski definition) is 4. The minimum atomic E-state index is -0.991. The van der Waals surface area contributed by atoms with Gasteiger partial charge in [0.1, 0.15) is 5.75 Å². The Kier molecular flexibility index (Phi) is 6.96. The van der Waals surface area contributed by atoms with Crippen LogP contribution in [0.4, 0.5) is 4.39 Å². The summed E-state index contributed by atoms with van der Waals surface area (Å²) in [7, 11) is 0. The molecule has 1 atom stereocenters. The van der Waals surface area contributed by atoms with E-state index in [4.69, 9.17) is 9.47 Å². The largest absolute Gasteiger partial charge is 0.484 e. The zero-order valence-corrected chi connectivity index (χ0v) is 14.6. The van der Waals surface area contributed by atoms with Crippen LogP contribution < -0.4 is 20.3 Å². The Labute approximate surface area is 151 Å². The predicted molar refractivity (Wildman–Crippen MR) is 94.1 cm³/mol. The van der Waals surface area contributed by atoms with Gasteiger partial charge in [-0.1, -0.05) is 31.2 Å². The lowest BCUT2D eigenvalue weighted by Gasteiger charge is -2.15. The van der Waals surface area contributed by atoms with E-state index in [-0.39, 0.29) is 12.4 Å². The number of hydrazine groups is 1. The summed E-state index contributed by atoms with van der Waals surface area (Å²) in [4.78, 5) is 23.7. The van der Waals surface area contributed by atoms with Crippen molar-refractivity contribution in [1.29, 1.82) is 0 Å². The number of nitrogens with one attached hydrogen (secondary N) is 2. The van der Waals surface area contributed by atoms with Gasteiger partial charge in [-0.25, -0.2) is 4.39 Å². The van der Waals surface area contributed by atoms with Crippen molar-refractivity contribution in [1.82, 2.24) is 10.9 Å². The lowest BCUT2D eigenvalue weighted by molar-refractivity contribution is -0.133. The second-order valence-electron chi connectivity index (χ2n) is 5.52. The molecule has 0 aliphatic rings. The lowest BCUT2D eigenvalue weighted by Crippen LogP contribution is -2.48. The van der Waals surface area contributed by atoms with Gasteiger partial charge in [0.2, 0.25) is 0 Å². The summed E-state index contributed by atoms with van der Waals surface area (Å²) < 4.78 is 24.1. The molecule has 0 bridgehead atoms. The van der Waals surface area contributed by atoms with Crippen molar-refractivity contribution in [3.8, 4) is 11.5 Å². The molecule has 6 nitrogen and oxygen atoms in total. The Morgan fingerprint density at radius 3 is 2.62 bits per heavy atom. The Morgan fingerprint density at radius 1 is 1.12 bits per heavy atom. The third-order valence-electron chi connectivity index (χ3n) is 3.51. The molecule has 0 aliphatic carbocycles. The van der Waals surface area contributed by atoms with Crippen LogP contribution in [0, 0.1) is 5.82 Å². The fourth-order valence-electron chi connectivity index (χ4n) is 2.06. The summed E-state index contributed by atoms with van der Waals surface area (Å²) in [6.45, 7) is 3.21. The van der Waals surface area contributed by atoms with Crippen LogP contribution >= 0.6 is 0 Å². The third-order valence-corrected chi connectivity index (χ3v) is 3.51. The van der Waals surface area contributed by atoms with E-state index in [1.165, 1.54) is 25.1 Å². The van der Waals surface area contributed by atoms with Gasteiger partial charge in [0.25, 0.3) is 11.8 Å². The summed E-state index contributed by atoms with van der Waals surface area (Å²) >= 11 is 0. The van der Waals surface area contributed by atoms with Gasteiger partial charge >= 0.3 is 0 Å². The molecule has 0 radical (unpaired) electrons.